The van der Waals surface area contributed by atoms with Gasteiger partial charge < -0.3 is 14.2 Å². The number of carbonyl (C=O) groups excluding carboxylic acids is 2. The molecule has 0 bridgehead atoms. The molecule has 0 saturated carbocycles. The van der Waals surface area contributed by atoms with E-state index in [4.69, 9.17) is 14.2 Å². The Morgan fingerprint density at radius 1 is 0.882 bits per heavy atom. The van der Waals surface area contributed by atoms with Crippen LogP contribution in [0, 0.1) is 5.82 Å². The second kappa shape index (κ2) is 9.99. The van der Waals surface area contributed by atoms with Crippen molar-refractivity contribution in [1.29, 1.82) is 0 Å². The first kappa shape index (κ1) is 22.7. The van der Waals surface area contributed by atoms with Crippen LogP contribution in [0.15, 0.2) is 78.9 Å². The molecule has 4 aromatic rings. The Morgan fingerprint density at radius 3 is 2.29 bits per heavy atom. The van der Waals surface area contributed by atoms with Gasteiger partial charge in [-0.05, 0) is 29.8 Å². The van der Waals surface area contributed by atoms with Crippen LogP contribution in [0.5, 0.6) is 5.75 Å². The molecule has 3 aromatic carbocycles. The number of halogens is 1. The highest BCUT2D eigenvalue weighted by Gasteiger charge is 2.32. The van der Waals surface area contributed by atoms with Gasteiger partial charge in [0.1, 0.15) is 29.4 Å². The van der Waals surface area contributed by atoms with E-state index < -0.39 is 17.8 Å². The van der Waals surface area contributed by atoms with Crippen LogP contribution in [0.25, 0.3) is 16.9 Å². The predicted octanol–water partition coefficient (Wildman–Crippen LogP) is 4.83. The number of methoxy groups -OCH3 is 2. The molecule has 172 valence electrons. The number of benzene rings is 3. The lowest BCUT2D eigenvalue weighted by Gasteiger charge is -2.11. The van der Waals surface area contributed by atoms with Crippen LogP contribution in [0.4, 0.5) is 4.39 Å². The summed E-state index contributed by atoms with van der Waals surface area (Å²) in [5.74, 6) is -1.54. The van der Waals surface area contributed by atoms with Gasteiger partial charge in [-0.3, -0.25) is 0 Å². The third-order valence-electron chi connectivity index (χ3n) is 5.12. The zero-order chi connectivity index (χ0) is 24.1. The first-order chi connectivity index (χ1) is 16.5. The van der Waals surface area contributed by atoms with Crippen LogP contribution in [0.3, 0.4) is 0 Å². The molecule has 0 radical (unpaired) electrons. The summed E-state index contributed by atoms with van der Waals surface area (Å²) in [4.78, 5) is 25.6. The molecule has 1 aromatic heterocycles. The van der Waals surface area contributed by atoms with Gasteiger partial charge in [0.05, 0.1) is 19.9 Å². The van der Waals surface area contributed by atoms with E-state index in [2.05, 4.69) is 5.10 Å². The van der Waals surface area contributed by atoms with Gasteiger partial charge in [0.15, 0.2) is 5.69 Å². The van der Waals surface area contributed by atoms with Gasteiger partial charge in [0.25, 0.3) is 0 Å². The number of para-hydroxylation sites is 1. The molecule has 0 saturated heterocycles. The van der Waals surface area contributed by atoms with Crippen LogP contribution in [-0.2, 0) is 16.1 Å². The fourth-order valence-corrected chi connectivity index (χ4v) is 3.54. The van der Waals surface area contributed by atoms with Crippen LogP contribution >= 0.6 is 0 Å². The molecule has 4 rings (SSSR count). The Kier molecular flexibility index (Phi) is 6.68. The number of esters is 2. The summed E-state index contributed by atoms with van der Waals surface area (Å²) in [6, 6.07) is 21.9. The van der Waals surface area contributed by atoms with Crippen molar-refractivity contribution in [1.82, 2.24) is 9.78 Å². The molecule has 0 fully saturated rings. The molecule has 34 heavy (non-hydrogen) atoms. The lowest BCUT2D eigenvalue weighted by molar-refractivity contribution is 0.0549. The van der Waals surface area contributed by atoms with Gasteiger partial charge in [0.2, 0.25) is 0 Å². The second-order valence-electron chi connectivity index (χ2n) is 7.21. The molecular weight excluding hydrogens is 439 g/mol. The van der Waals surface area contributed by atoms with E-state index >= 15 is 0 Å². The Labute approximate surface area is 195 Å². The van der Waals surface area contributed by atoms with Crippen LogP contribution < -0.4 is 4.74 Å². The standard InChI is InChI=1S/C26H21FN2O5/c1-32-25(30)22-23(28-29(24(22)26(31)33-2)19-11-4-3-5-12-19)21-14-7-6-9-17(21)16-34-20-13-8-10-18(27)15-20/h3-15H,16H2,1-2H3. The number of aromatic nitrogens is 2. The Balaban J connectivity index is 1.87. The maximum atomic E-state index is 13.5. The van der Waals surface area contributed by atoms with E-state index in [1.54, 1.807) is 60.7 Å². The number of hydrogen-bond acceptors (Lipinski definition) is 6. The van der Waals surface area contributed by atoms with Crippen molar-refractivity contribution >= 4 is 11.9 Å². The minimum absolute atomic E-state index is 0.0311. The summed E-state index contributed by atoms with van der Waals surface area (Å²) in [5.41, 5.74) is 1.93. The number of rotatable bonds is 7. The molecule has 0 spiro atoms. The van der Waals surface area contributed by atoms with E-state index in [1.807, 2.05) is 6.07 Å². The fourth-order valence-electron chi connectivity index (χ4n) is 3.54. The van der Waals surface area contributed by atoms with Gasteiger partial charge in [-0.25, -0.2) is 18.7 Å². The highest BCUT2D eigenvalue weighted by Crippen LogP contribution is 2.32. The average molecular weight is 460 g/mol. The number of hydrogen-bond donors (Lipinski definition) is 0. The summed E-state index contributed by atoms with van der Waals surface area (Å²) in [5, 5.41) is 4.62. The lowest BCUT2D eigenvalue weighted by atomic mass is 10.0. The summed E-state index contributed by atoms with van der Waals surface area (Å²) >= 11 is 0. The number of carbonyl (C=O) groups is 2. The molecule has 1 heterocycles. The number of ether oxygens (including phenoxy) is 3. The van der Waals surface area contributed by atoms with E-state index in [9.17, 15) is 14.0 Å². The summed E-state index contributed by atoms with van der Waals surface area (Å²) in [7, 11) is 2.46. The predicted molar refractivity (Wildman–Crippen MR) is 122 cm³/mol. The first-order valence-electron chi connectivity index (χ1n) is 10.3. The van der Waals surface area contributed by atoms with Crippen molar-refractivity contribution in [2.45, 2.75) is 6.61 Å². The topological polar surface area (TPSA) is 79.7 Å². The maximum absolute atomic E-state index is 13.5. The van der Waals surface area contributed by atoms with Crippen molar-refractivity contribution < 1.29 is 28.2 Å². The van der Waals surface area contributed by atoms with Crippen molar-refractivity contribution in [2.24, 2.45) is 0 Å². The SMILES string of the molecule is COC(=O)c1c(-c2ccccc2COc2cccc(F)c2)nn(-c2ccccc2)c1C(=O)OC. The second-order valence-corrected chi connectivity index (χ2v) is 7.21. The monoisotopic (exact) mass is 460 g/mol. The smallest absolute Gasteiger partial charge is 0.357 e. The molecule has 0 unspecified atom stereocenters. The van der Waals surface area contributed by atoms with E-state index in [-0.39, 0.29) is 23.6 Å². The summed E-state index contributed by atoms with van der Waals surface area (Å²) in [6.07, 6.45) is 0. The molecule has 8 heteroatoms. The van der Waals surface area contributed by atoms with Crippen LogP contribution in [0.2, 0.25) is 0 Å². The largest absolute Gasteiger partial charge is 0.489 e. The zero-order valence-electron chi connectivity index (χ0n) is 18.5. The Morgan fingerprint density at radius 2 is 1.59 bits per heavy atom. The fraction of sp³-hybridized carbons (Fsp3) is 0.115. The van der Waals surface area contributed by atoms with Crippen molar-refractivity contribution in [3.63, 3.8) is 0 Å². The highest BCUT2D eigenvalue weighted by molar-refractivity contribution is 6.07. The third-order valence-corrected chi connectivity index (χ3v) is 5.12. The quantitative estimate of drug-likeness (QED) is 0.368. The average Bonchev–Trinajstić information content (AvgIpc) is 3.28. The third kappa shape index (κ3) is 4.52. The Bertz CT molecular complexity index is 1330. The van der Waals surface area contributed by atoms with E-state index in [0.29, 0.717) is 22.6 Å². The van der Waals surface area contributed by atoms with Gasteiger partial charge in [-0.1, -0.05) is 48.5 Å². The normalized spacial score (nSPS) is 10.6. The van der Waals surface area contributed by atoms with E-state index in [1.165, 1.54) is 31.0 Å². The highest BCUT2D eigenvalue weighted by atomic mass is 19.1. The molecule has 0 amide bonds. The van der Waals surface area contributed by atoms with Crippen molar-refractivity contribution in [2.75, 3.05) is 14.2 Å². The number of nitrogens with zero attached hydrogens (tertiary/aromatic N) is 2. The van der Waals surface area contributed by atoms with Crippen LogP contribution in [0.1, 0.15) is 26.4 Å². The summed E-state index contributed by atoms with van der Waals surface area (Å²) in [6.45, 7) is 0.0754. The lowest BCUT2D eigenvalue weighted by Crippen LogP contribution is -2.15. The summed E-state index contributed by atoms with van der Waals surface area (Å²) < 4.78 is 30.6. The van der Waals surface area contributed by atoms with Gasteiger partial charge >= 0.3 is 11.9 Å². The molecule has 7 nitrogen and oxygen atoms in total. The minimum Gasteiger partial charge on any atom is -0.489 e. The minimum atomic E-state index is -0.739. The Hall–Kier alpha value is -4.46. The molecule has 0 aliphatic heterocycles. The molecule has 0 atom stereocenters. The van der Waals surface area contributed by atoms with E-state index in [0.717, 1.165) is 0 Å². The molecule has 0 N–H and O–H groups in total. The van der Waals surface area contributed by atoms with Crippen molar-refractivity contribution in [3.8, 4) is 22.7 Å². The first-order valence-corrected chi connectivity index (χ1v) is 10.3. The van der Waals surface area contributed by atoms with Gasteiger partial charge in [-0.2, -0.15) is 5.10 Å². The maximum Gasteiger partial charge on any atom is 0.357 e. The molecular formula is C26H21FN2O5. The van der Waals surface area contributed by atoms with Crippen molar-refractivity contribution in [3.05, 3.63) is 102 Å². The zero-order valence-corrected chi connectivity index (χ0v) is 18.5. The molecule has 0 aliphatic carbocycles. The van der Waals surface area contributed by atoms with Gasteiger partial charge in [-0.15, -0.1) is 0 Å². The van der Waals surface area contributed by atoms with Gasteiger partial charge in [0, 0.05) is 11.6 Å². The molecule has 0 aliphatic rings. The van der Waals surface area contributed by atoms with Crippen LogP contribution in [-0.4, -0.2) is 35.9 Å².